The molecule has 1 saturated heterocycles. The van der Waals surface area contributed by atoms with Crippen LogP contribution in [-0.4, -0.2) is 55.4 Å². The maximum absolute atomic E-state index is 11.7. The molecule has 2 N–H and O–H groups in total. The van der Waals surface area contributed by atoms with E-state index in [-0.39, 0.29) is 18.4 Å². The number of amides is 2. The lowest BCUT2D eigenvalue weighted by atomic mass is 9.94. The number of methoxy groups -OCH3 is 1. The summed E-state index contributed by atoms with van der Waals surface area (Å²) in [7, 11) is 1.63. The highest BCUT2D eigenvalue weighted by Gasteiger charge is 2.23. The van der Waals surface area contributed by atoms with E-state index in [4.69, 9.17) is 9.84 Å². The maximum atomic E-state index is 11.7. The Morgan fingerprint density at radius 2 is 2.06 bits per heavy atom. The molecule has 1 aliphatic rings. The van der Waals surface area contributed by atoms with Crippen molar-refractivity contribution in [1.82, 2.24) is 10.2 Å². The molecule has 0 aliphatic carbocycles. The van der Waals surface area contributed by atoms with Crippen LogP contribution in [0, 0.1) is 5.92 Å². The van der Waals surface area contributed by atoms with Crippen LogP contribution >= 0.6 is 0 Å². The summed E-state index contributed by atoms with van der Waals surface area (Å²) in [5, 5.41) is 11.5. The van der Waals surface area contributed by atoms with Gasteiger partial charge in [0.15, 0.2) is 0 Å². The zero-order chi connectivity index (χ0) is 13.4. The summed E-state index contributed by atoms with van der Waals surface area (Å²) in [6, 6.07) is -0.0557. The number of hydrogen-bond acceptors (Lipinski definition) is 3. The molecule has 0 radical (unpaired) electrons. The van der Waals surface area contributed by atoms with Crippen LogP contribution in [0.2, 0.25) is 0 Å². The van der Waals surface area contributed by atoms with Gasteiger partial charge in [0.25, 0.3) is 0 Å². The van der Waals surface area contributed by atoms with Crippen LogP contribution in [0.3, 0.4) is 0 Å². The molecule has 0 bridgehead atoms. The molecule has 6 nitrogen and oxygen atoms in total. The van der Waals surface area contributed by atoms with Crippen molar-refractivity contribution in [3.05, 3.63) is 0 Å². The number of carbonyl (C=O) groups excluding carboxylic acids is 1. The summed E-state index contributed by atoms with van der Waals surface area (Å²) in [4.78, 5) is 24.1. The Bertz CT molecular complexity index is 275. The van der Waals surface area contributed by atoms with Crippen LogP contribution in [0.15, 0.2) is 0 Å². The van der Waals surface area contributed by atoms with E-state index in [0.717, 1.165) is 19.3 Å². The number of nitrogens with one attached hydrogen (secondary N) is 1. The van der Waals surface area contributed by atoms with Gasteiger partial charge in [-0.3, -0.25) is 4.79 Å². The number of carbonyl (C=O) groups is 2. The molecule has 0 aromatic rings. The predicted octanol–water partition coefficient (Wildman–Crippen LogP) is 0.919. The molecule has 0 spiro atoms. The van der Waals surface area contributed by atoms with E-state index in [0.29, 0.717) is 26.2 Å². The lowest BCUT2D eigenvalue weighted by Gasteiger charge is -2.31. The quantitative estimate of drug-likeness (QED) is 0.694. The fourth-order valence-electron chi connectivity index (χ4n) is 2.11. The first-order valence-electron chi connectivity index (χ1n) is 6.37. The van der Waals surface area contributed by atoms with Crippen molar-refractivity contribution in [2.75, 3.05) is 33.4 Å². The van der Waals surface area contributed by atoms with Crippen LogP contribution in [-0.2, 0) is 9.53 Å². The zero-order valence-corrected chi connectivity index (χ0v) is 10.9. The van der Waals surface area contributed by atoms with Gasteiger partial charge in [0, 0.05) is 39.8 Å². The maximum Gasteiger partial charge on any atom is 0.317 e. The number of carboxylic acids is 1. The minimum Gasteiger partial charge on any atom is -0.481 e. The van der Waals surface area contributed by atoms with Crippen molar-refractivity contribution in [3.63, 3.8) is 0 Å². The molecule has 18 heavy (non-hydrogen) atoms. The highest BCUT2D eigenvalue weighted by molar-refractivity contribution is 5.74. The molecular formula is C12H22N2O4. The molecule has 0 aromatic heterocycles. The van der Waals surface area contributed by atoms with Crippen molar-refractivity contribution < 1.29 is 19.4 Å². The van der Waals surface area contributed by atoms with Gasteiger partial charge >= 0.3 is 12.0 Å². The standard InChI is InChI=1S/C12H22N2O4/c1-18-8-2-5-13-12(17)14-6-3-10(4-7-14)9-11(15)16/h10H,2-9H2,1H3,(H,13,17)(H,15,16). The molecular weight excluding hydrogens is 236 g/mol. The first-order chi connectivity index (χ1) is 8.63. The van der Waals surface area contributed by atoms with Crippen LogP contribution in [0.25, 0.3) is 0 Å². The number of piperidine rings is 1. The van der Waals surface area contributed by atoms with Gasteiger partial charge in [0.2, 0.25) is 0 Å². The lowest BCUT2D eigenvalue weighted by Crippen LogP contribution is -2.45. The Hall–Kier alpha value is -1.30. The normalized spacial score (nSPS) is 16.6. The number of rotatable bonds is 6. The average molecular weight is 258 g/mol. The van der Waals surface area contributed by atoms with Gasteiger partial charge in [0.05, 0.1) is 0 Å². The third-order valence-electron chi connectivity index (χ3n) is 3.17. The summed E-state index contributed by atoms with van der Waals surface area (Å²) in [6.45, 7) is 2.55. The number of hydrogen-bond donors (Lipinski definition) is 2. The summed E-state index contributed by atoms with van der Waals surface area (Å²) in [6.07, 6.45) is 2.57. The first kappa shape index (κ1) is 14.8. The van der Waals surface area contributed by atoms with Gasteiger partial charge < -0.3 is 20.1 Å². The molecule has 104 valence electrons. The van der Waals surface area contributed by atoms with Crippen LogP contribution in [0.1, 0.15) is 25.7 Å². The second-order valence-electron chi connectivity index (χ2n) is 4.61. The number of nitrogens with zero attached hydrogens (tertiary/aromatic N) is 1. The Kier molecular flexibility index (Phi) is 6.49. The topological polar surface area (TPSA) is 78.9 Å². The van der Waals surface area contributed by atoms with Crippen molar-refractivity contribution in [2.24, 2.45) is 5.92 Å². The van der Waals surface area contributed by atoms with E-state index in [1.165, 1.54) is 0 Å². The number of likely N-dealkylation sites (tertiary alicyclic amines) is 1. The molecule has 0 unspecified atom stereocenters. The van der Waals surface area contributed by atoms with Crippen LogP contribution in [0.5, 0.6) is 0 Å². The third-order valence-corrected chi connectivity index (χ3v) is 3.17. The van der Waals surface area contributed by atoms with Crippen LogP contribution < -0.4 is 5.32 Å². The molecule has 0 saturated carbocycles. The second-order valence-corrected chi connectivity index (χ2v) is 4.61. The summed E-state index contributed by atoms with van der Waals surface area (Å²) < 4.78 is 4.90. The number of urea groups is 1. The van der Waals surface area contributed by atoms with Gasteiger partial charge in [-0.1, -0.05) is 0 Å². The minimum atomic E-state index is -0.752. The van der Waals surface area contributed by atoms with Crippen LogP contribution in [0.4, 0.5) is 4.79 Å². The lowest BCUT2D eigenvalue weighted by molar-refractivity contribution is -0.138. The molecule has 0 aromatic carbocycles. The minimum absolute atomic E-state index is 0.0557. The van der Waals surface area contributed by atoms with E-state index in [2.05, 4.69) is 5.32 Å². The molecule has 6 heteroatoms. The molecule has 1 fully saturated rings. The molecule has 1 aliphatic heterocycles. The van der Waals surface area contributed by atoms with Crippen molar-refractivity contribution >= 4 is 12.0 Å². The monoisotopic (exact) mass is 258 g/mol. The van der Waals surface area contributed by atoms with E-state index in [9.17, 15) is 9.59 Å². The van der Waals surface area contributed by atoms with Gasteiger partial charge in [-0.15, -0.1) is 0 Å². The van der Waals surface area contributed by atoms with E-state index >= 15 is 0 Å². The van der Waals surface area contributed by atoms with Gasteiger partial charge in [0.1, 0.15) is 0 Å². The summed E-state index contributed by atoms with van der Waals surface area (Å²) >= 11 is 0. The molecule has 0 atom stereocenters. The molecule has 2 amide bonds. The summed E-state index contributed by atoms with van der Waals surface area (Å²) in [5.41, 5.74) is 0. The SMILES string of the molecule is COCCCNC(=O)N1CCC(CC(=O)O)CC1. The Labute approximate surface area is 107 Å². The van der Waals surface area contributed by atoms with Gasteiger partial charge in [-0.25, -0.2) is 4.79 Å². The Morgan fingerprint density at radius 3 is 2.61 bits per heavy atom. The summed E-state index contributed by atoms with van der Waals surface area (Å²) in [5.74, 6) is -0.544. The van der Waals surface area contributed by atoms with Gasteiger partial charge in [-0.05, 0) is 25.2 Å². The van der Waals surface area contributed by atoms with E-state index < -0.39 is 5.97 Å². The molecule has 1 heterocycles. The fourth-order valence-corrected chi connectivity index (χ4v) is 2.11. The Morgan fingerprint density at radius 1 is 1.39 bits per heavy atom. The van der Waals surface area contributed by atoms with Crippen molar-refractivity contribution in [1.29, 1.82) is 0 Å². The number of aliphatic carboxylic acids is 1. The number of carboxylic acid groups (broad SMARTS) is 1. The van der Waals surface area contributed by atoms with Crippen molar-refractivity contribution in [2.45, 2.75) is 25.7 Å². The van der Waals surface area contributed by atoms with Crippen molar-refractivity contribution in [3.8, 4) is 0 Å². The average Bonchev–Trinajstić information content (AvgIpc) is 2.34. The Balaban J connectivity index is 2.17. The zero-order valence-electron chi connectivity index (χ0n) is 10.9. The number of ether oxygens (including phenoxy) is 1. The predicted molar refractivity (Wildman–Crippen MR) is 66.4 cm³/mol. The molecule has 1 rings (SSSR count). The third kappa shape index (κ3) is 5.35. The fraction of sp³-hybridized carbons (Fsp3) is 0.833. The van der Waals surface area contributed by atoms with E-state index in [1.54, 1.807) is 12.0 Å². The highest BCUT2D eigenvalue weighted by Crippen LogP contribution is 2.20. The largest absolute Gasteiger partial charge is 0.481 e. The second kappa shape index (κ2) is 7.92. The van der Waals surface area contributed by atoms with Gasteiger partial charge in [-0.2, -0.15) is 0 Å². The smallest absolute Gasteiger partial charge is 0.317 e. The first-order valence-corrected chi connectivity index (χ1v) is 6.37. The highest BCUT2D eigenvalue weighted by atomic mass is 16.5. The van der Waals surface area contributed by atoms with E-state index in [1.807, 2.05) is 0 Å².